The topological polar surface area (TPSA) is 85.3 Å². The minimum absolute atomic E-state index is 0.00787. The maximum atomic E-state index is 12.0. The second kappa shape index (κ2) is 7.05. The summed E-state index contributed by atoms with van der Waals surface area (Å²) < 4.78 is 34.7. The van der Waals surface area contributed by atoms with Gasteiger partial charge in [-0.05, 0) is 12.1 Å². The summed E-state index contributed by atoms with van der Waals surface area (Å²) in [4.78, 5) is 17.5. The van der Waals surface area contributed by atoms with Crippen LogP contribution in [0.5, 0.6) is 11.5 Å². The molecule has 3 rings (SSSR count). The predicted octanol–water partition coefficient (Wildman–Crippen LogP) is 1.54. The number of hydrogen-bond acceptors (Lipinski definition) is 6. The molecule has 136 valence electrons. The molecule has 2 fully saturated rings. The van der Waals surface area contributed by atoms with Gasteiger partial charge >= 0.3 is 0 Å². The summed E-state index contributed by atoms with van der Waals surface area (Å²) >= 11 is 6.86. The molecule has 0 radical (unpaired) electrons. The number of amidine groups is 1. The van der Waals surface area contributed by atoms with Gasteiger partial charge in [-0.1, -0.05) is 11.8 Å². The summed E-state index contributed by atoms with van der Waals surface area (Å²) in [6, 6.07) is 4.92. The number of carbonyl (C=O) groups excluding carboxylic acids is 1. The Bertz CT molecular complexity index is 827. The second-order valence-corrected chi connectivity index (χ2v) is 9.26. The molecular weight excluding hydrogens is 388 g/mol. The third kappa shape index (κ3) is 3.58. The van der Waals surface area contributed by atoms with Gasteiger partial charge in [0.05, 0.1) is 37.5 Å². The SMILES string of the molecule is COc1ccc(N2C(=NC(=O)CCl)S[C@H]3CS(=O)(=O)C[C@@H]32)c(OC)c1. The molecular formula is C15H17ClN2O5S2. The largest absolute Gasteiger partial charge is 0.497 e. The molecule has 2 aliphatic rings. The van der Waals surface area contributed by atoms with Crippen molar-refractivity contribution in [3.8, 4) is 11.5 Å². The third-order valence-corrected chi connectivity index (χ3v) is 7.49. The molecule has 1 aromatic carbocycles. The first kappa shape index (κ1) is 18.3. The van der Waals surface area contributed by atoms with Crippen molar-refractivity contribution in [1.82, 2.24) is 0 Å². The summed E-state index contributed by atoms with van der Waals surface area (Å²) in [5, 5.41) is 0.262. The lowest BCUT2D eigenvalue weighted by Gasteiger charge is -2.26. The van der Waals surface area contributed by atoms with Gasteiger partial charge in [0.1, 0.15) is 17.4 Å². The van der Waals surface area contributed by atoms with Gasteiger partial charge in [0.15, 0.2) is 15.0 Å². The summed E-state index contributed by atoms with van der Waals surface area (Å²) in [5.74, 6) is 0.490. The molecule has 2 atom stereocenters. The number of alkyl halides is 1. The van der Waals surface area contributed by atoms with Gasteiger partial charge in [-0.25, -0.2) is 8.42 Å². The van der Waals surface area contributed by atoms with E-state index in [-0.39, 0.29) is 28.7 Å². The fourth-order valence-electron chi connectivity index (χ4n) is 2.97. The molecule has 2 saturated heterocycles. The van der Waals surface area contributed by atoms with Gasteiger partial charge in [-0.2, -0.15) is 4.99 Å². The van der Waals surface area contributed by atoms with E-state index < -0.39 is 15.7 Å². The van der Waals surface area contributed by atoms with Crippen LogP contribution >= 0.6 is 23.4 Å². The van der Waals surface area contributed by atoms with E-state index in [1.807, 2.05) is 0 Å². The standard InChI is InChI=1S/C15H17ClN2O5S2/c1-22-9-3-4-10(12(5-9)23-2)18-11-7-25(20,21)8-13(11)24-15(18)17-14(19)6-16/h3-5,11,13H,6-8H2,1-2H3/t11-,13-/m0/s1. The lowest BCUT2D eigenvalue weighted by atomic mass is 10.2. The van der Waals surface area contributed by atoms with E-state index in [2.05, 4.69) is 4.99 Å². The predicted molar refractivity (Wildman–Crippen MR) is 99.0 cm³/mol. The molecule has 10 heteroatoms. The van der Waals surface area contributed by atoms with Crippen molar-refractivity contribution in [2.24, 2.45) is 4.99 Å². The second-order valence-electron chi connectivity index (χ2n) is 5.63. The monoisotopic (exact) mass is 404 g/mol. The first-order chi connectivity index (χ1) is 11.9. The minimum Gasteiger partial charge on any atom is -0.497 e. The van der Waals surface area contributed by atoms with Gasteiger partial charge in [0, 0.05) is 11.3 Å². The molecule has 0 N–H and O–H groups in total. The van der Waals surface area contributed by atoms with Crippen LogP contribution in [0.25, 0.3) is 0 Å². The van der Waals surface area contributed by atoms with Crippen molar-refractivity contribution in [3.63, 3.8) is 0 Å². The molecule has 0 aliphatic carbocycles. The van der Waals surface area contributed by atoms with Gasteiger partial charge in [-0.3, -0.25) is 4.79 Å². The molecule has 2 heterocycles. The van der Waals surface area contributed by atoms with Crippen LogP contribution in [0.15, 0.2) is 23.2 Å². The average Bonchev–Trinajstić information content (AvgIpc) is 3.04. The number of thioether (sulfide) groups is 1. The lowest BCUT2D eigenvalue weighted by molar-refractivity contribution is -0.115. The molecule has 0 saturated carbocycles. The minimum atomic E-state index is -3.13. The highest BCUT2D eigenvalue weighted by Crippen LogP contribution is 2.44. The number of sulfone groups is 1. The van der Waals surface area contributed by atoms with E-state index in [1.165, 1.54) is 18.9 Å². The summed E-state index contributed by atoms with van der Waals surface area (Å²) in [5.41, 5.74) is 0.640. The number of methoxy groups -OCH3 is 2. The van der Waals surface area contributed by atoms with E-state index in [4.69, 9.17) is 21.1 Å². The van der Waals surface area contributed by atoms with E-state index in [0.717, 1.165) is 0 Å². The highest BCUT2D eigenvalue weighted by atomic mass is 35.5. The van der Waals surface area contributed by atoms with Crippen LogP contribution in [0.1, 0.15) is 0 Å². The fraction of sp³-hybridized carbons (Fsp3) is 0.467. The molecule has 2 aliphatic heterocycles. The smallest absolute Gasteiger partial charge is 0.262 e. The summed E-state index contributed by atoms with van der Waals surface area (Å²) in [7, 11) is -0.0640. The third-order valence-electron chi connectivity index (χ3n) is 4.05. The highest BCUT2D eigenvalue weighted by Gasteiger charge is 2.50. The number of hydrogen-bond donors (Lipinski definition) is 0. The van der Waals surface area contributed by atoms with Crippen LogP contribution < -0.4 is 14.4 Å². The molecule has 1 amide bonds. The van der Waals surface area contributed by atoms with Crippen molar-refractivity contribution < 1.29 is 22.7 Å². The van der Waals surface area contributed by atoms with Gasteiger partial charge in [0.2, 0.25) is 0 Å². The van der Waals surface area contributed by atoms with E-state index >= 15 is 0 Å². The van der Waals surface area contributed by atoms with Crippen LogP contribution in [-0.2, 0) is 14.6 Å². The Morgan fingerprint density at radius 3 is 2.76 bits per heavy atom. The Kier molecular flexibility index (Phi) is 5.17. The number of ether oxygens (including phenoxy) is 2. The molecule has 0 unspecified atom stereocenters. The Balaban J connectivity index is 2.08. The van der Waals surface area contributed by atoms with Crippen molar-refractivity contribution >= 4 is 50.0 Å². The van der Waals surface area contributed by atoms with E-state index in [9.17, 15) is 13.2 Å². The number of anilines is 1. The Morgan fingerprint density at radius 1 is 1.36 bits per heavy atom. The molecule has 7 nitrogen and oxygen atoms in total. The number of carbonyl (C=O) groups is 1. The molecule has 0 bridgehead atoms. The van der Waals surface area contributed by atoms with E-state index in [0.29, 0.717) is 22.4 Å². The van der Waals surface area contributed by atoms with Crippen molar-refractivity contribution in [3.05, 3.63) is 18.2 Å². The van der Waals surface area contributed by atoms with Crippen LogP contribution in [-0.4, -0.2) is 62.4 Å². The number of fused-ring (bicyclic) bond motifs is 1. The molecule has 0 aromatic heterocycles. The number of benzene rings is 1. The zero-order valence-corrected chi connectivity index (χ0v) is 16.0. The fourth-order valence-corrected chi connectivity index (χ4v) is 6.95. The van der Waals surface area contributed by atoms with Gasteiger partial charge < -0.3 is 14.4 Å². The first-order valence-corrected chi connectivity index (χ1v) is 10.7. The van der Waals surface area contributed by atoms with Crippen LogP contribution in [0.3, 0.4) is 0 Å². The Labute approximate surface area is 155 Å². The van der Waals surface area contributed by atoms with Crippen molar-refractivity contribution in [1.29, 1.82) is 0 Å². The van der Waals surface area contributed by atoms with Gasteiger partial charge in [0.25, 0.3) is 5.91 Å². The Hall–Kier alpha value is -1.45. The number of halogens is 1. The van der Waals surface area contributed by atoms with Crippen LogP contribution in [0.2, 0.25) is 0 Å². The van der Waals surface area contributed by atoms with Crippen LogP contribution in [0, 0.1) is 0 Å². The summed E-state index contributed by atoms with van der Waals surface area (Å²) in [6.45, 7) is 0. The van der Waals surface area contributed by atoms with Crippen molar-refractivity contribution in [2.75, 3.05) is 36.5 Å². The van der Waals surface area contributed by atoms with E-state index in [1.54, 1.807) is 30.2 Å². The lowest BCUT2D eigenvalue weighted by Crippen LogP contribution is -2.38. The van der Waals surface area contributed by atoms with Gasteiger partial charge in [-0.15, -0.1) is 11.6 Å². The normalized spacial score (nSPS) is 25.9. The number of aliphatic imine (C=N–C) groups is 1. The first-order valence-electron chi connectivity index (χ1n) is 7.44. The quantitative estimate of drug-likeness (QED) is 0.703. The summed E-state index contributed by atoms with van der Waals surface area (Å²) in [6.07, 6.45) is 0. The van der Waals surface area contributed by atoms with Crippen molar-refractivity contribution in [2.45, 2.75) is 11.3 Å². The zero-order valence-electron chi connectivity index (χ0n) is 13.6. The van der Waals surface area contributed by atoms with Crippen LogP contribution in [0.4, 0.5) is 5.69 Å². The number of rotatable bonds is 4. The molecule has 25 heavy (non-hydrogen) atoms. The molecule has 1 aromatic rings. The number of nitrogens with zero attached hydrogens (tertiary/aromatic N) is 2. The number of amides is 1. The maximum Gasteiger partial charge on any atom is 0.262 e. The Morgan fingerprint density at radius 2 is 2.12 bits per heavy atom. The highest BCUT2D eigenvalue weighted by molar-refractivity contribution is 8.16. The zero-order chi connectivity index (χ0) is 18.2. The molecule has 0 spiro atoms. The average molecular weight is 405 g/mol. The maximum absolute atomic E-state index is 12.0.